The summed E-state index contributed by atoms with van der Waals surface area (Å²) < 4.78 is 5.77. The van der Waals surface area contributed by atoms with Gasteiger partial charge in [0.25, 0.3) is 0 Å². The Kier molecular flexibility index (Phi) is 6.48. The van der Waals surface area contributed by atoms with Crippen molar-refractivity contribution in [3.63, 3.8) is 0 Å². The largest absolute Gasteiger partial charge is 0.491 e. The van der Waals surface area contributed by atoms with E-state index in [1.54, 1.807) is 6.20 Å². The molecule has 1 atom stereocenters. The molecule has 114 valence electrons. The molecule has 1 heterocycles. The molecule has 1 unspecified atom stereocenters. The highest BCUT2D eigenvalue weighted by Crippen LogP contribution is 2.17. The summed E-state index contributed by atoms with van der Waals surface area (Å²) in [4.78, 5) is 4.40. The third kappa shape index (κ3) is 5.35. The molecule has 0 bridgehead atoms. The zero-order chi connectivity index (χ0) is 14.9. The number of hydrogen-bond donors (Lipinski definition) is 1. The Bertz CT molecular complexity index is 541. The van der Waals surface area contributed by atoms with Crippen LogP contribution in [-0.4, -0.2) is 24.2 Å². The van der Waals surface area contributed by atoms with Gasteiger partial charge in [0.1, 0.15) is 12.4 Å². The minimum absolute atomic E-state index is 0.565. The third-order valence-electron chi connectivity index (χ3n) is 3.67. The van der Waals surface area contributed by atoms with E-state index in [1.807, 2.05) is 24.3 Å². The molecule has 0 aliphatic carbocycles. The van der Waals surface area contributed by atoms with E-state index in [1.165, 1.54) is 25.7 Å². The molecule has 3 nitrogen and oxygen atoms in total. The van der Waals surface area contributed by atoms with E-state index in [-0.39, 0.29) is 0 Å². The van der Waals surface area contributed by atoms with Crippen LogP contribution in [-0.2, 0) is 0 Å². The normalized spacial score (nSPS) is 12.5. The summed E-state index contributed by atoms with van der Waals surface area (Å²) in [6.45, 7) is 6.04. The first-order chi connectivity index (χ1) is 10.3. The number of fused-ring (bicyclic) bond motifs is 1. The Hall–Kier alpha value is -1.61. The van der Waals surface area contributed by atoms with Crippen molar-refractivity contribution in [2.45, 2.75) is 45.6 Å². The van der Waals surface area contributed by atoms with Crippen LogP contribution in [0.2, 0.25) is 0 Å². The zero-order valence-corrected chi connectivity index (χ0v) is 13.1. The molecule has 0 radical (unpaired) electrons. The molecular weight excluding hydrogens is 260 g/mol. The molecule has 2 aromatic rings. The lowest BCUT2D eigenvalue weighted by molar-refractivity contribution is 0.303. The van der Waals surface area contributed by atoms with Crippen LogP contribution in [0.1, 0.15) is 39.5 Å². The number of unbranched alkanes of at least 4 members (excludes halogenated alkanes) is 2. The SMILES string of the molecule is CCCCCC(C)NCCOc1cnc2ccccc2c1. The molecule has 0 saturated carbocycles. The number of rotatable bonds is 9. The van der Waals surface area contributed by atoms with Crippen molar-refractivity contribution in [2.24, 2.45) is 0 Å². The fourth-order valence-corrected chi connectivity index (χ4v) is 2.41. The van der Waals surface area contributed by atoms with Gasteiger partial charge in [-0.3, -0.25) is 4.98 Å². The molecule has 2 rings (SSSR count). The maximum Gasteiger partial charge on any atom is 0.138 e. The fourth-order valence-electron chi connectivity index (χ4n) is 2.41. The summed E-state index contributed by atoms with van der Waals surface area (Å²) in [5.74, 6) is 0.842. The second-order valence-electron chi connectivity index (χ2n) is 5.56. The lowest BCUT2D eigenvalue weighted by Gasteiger charge is -2.14. The van der Waals surface area contributed by atoms with Crippen molar-refractivity contribution < 1.29 is 4.74 Å². The topological polar surface area (TPSA) is 34.1 Å². The van der Waals surface area contributed by atoms with Crippen molar-refractivity contribution in [1.82, 2.24) is 10.3 Å². The molecule has 0 fully saturated rings. The number of nitrogens with zero attached hydrogens (tertiary/aromatic N) is 1. The van der Waals surface area contributed by atoms with Gasteiger partial charge >= 0.3 is 0 Å². The summed E-state index contributed by atoms with van der Waals surface area (Å²) in [5, 5.41) is 4.62. The average molecular weight is 286 g/mol. The van der Waals surface area contributed by atoms with Crippen molar-refractivity contribution in [3.05, 3.63) is 36.5 Å². The molecule has 1 aromatic heterocycles. The minimum atomic E-state index is 0.565. The lowest BCUT2D eigenvalue weighted by Crippen LogP contribution is -2.30. The summed E-state index contributed by atoms with van der Waals surface area (Å²) in [6.07, 6.45) is 6.95. The van der Waals surface area contributed by atoms with E-state index < -0.39 is 0 Å². The van der Waals surface area contributed by atoms with Crippen LogP contribution in [0.5, 0.6) is 5.75 Å². The predicted octanol–water partition coefficient (Wildman–Crippen LogP) is 4.17. The number of nitrogens with one attached hydrogen (secondary N) is 1. The lowest BCUT2D eigenvalue weighted by atomic mass is 10.1. The van der Waals surface area contributed by atoms with Gasteiger partial charge in [0.2, 0.25) is 0 Å². The van der Waals surface area contributed by atoms with Gasteiger partial charge in [-0.25, -0.2) is 0 Å². The Morgan fingerprint density at radius 1 is 1.24 bits per heavy atom. The van der Waals surface area contributed by atoms with Gasteiger partial charge < -0.3 is 10.1 Å². The number of aromatic nitrogens is 1. The molecule has 1 N–H and O–H groups in total. The van der Waals surface area contributed by atoms with Gasteiger partial charge in [-0.1, -0.05) is 44.4 Å². The van der Waals surface area contributed by atoms with Crippen molar-refractivity contribution >= 4 is 10.9 Å². The van der Waals surface area contributed by atoms with Crippen molar-refractivity contribution in [2.75, 3.05) is 13.2 Å². The van der Waals surface area contributed by atoms with E-state index in [2.05, 4.69) is 30.2 Å². The molecule has 3 heteroatoms. The Morgan fingerprint density at radius 2 is 2.10 bits per heavy atom. The number of pyridine rings is 1. The Balaban J connectivity index is 1.70. The predicted molar refractivity (Wildman–Crippen MR) is 88.8 cm³/mol. The van der Waals surface area contributed by atoms with E-state index >= 15 is 0 Å². The second kappa shape index (κ2) is 8.63. The minimum Gasteiger partial charge on any atom is -0.491 e. The van der Waals surface area contributed by atoms with Crippen LogP contribution in [0.25, 0.3) is 10.9 Å². The van der Waals surface area contributed by atoms with Gasteiger partial charge in [0.15, 0.2) is 0 Å². The van der Waals surface area contributed by atoms with E-state index in [9.17, 15) is 0 Å². The molecule has 0 aliphatic heterocycles. The fraction of sp³-hybridized carbons (Fsp3) is 0.500. The molecule has 0 spiro atoms. The molecule has 0 saturated heterocycles. The first kappa shape index (κ1) is 15.8. The maximum absolute atomic E-state index is 5.77. The summed E-state index contributed by atoms with van der Waals surface area (Å²) in [6, 6.07) is 10.7. The average Bonchev–Trinajstić information content (AvgIpc) is 2.52. The Morgan fingerprint density at radius 3 is 2.95 bits per heavy atom. The van der Waals surface area contributed by atoms with Crippen LogP contribution in [0.4, 0.5) is 0 Å². The Labute approximate surface area is 127 Å². The first-order valence-corrected chi connectivity index (χ1v) is 8.00. The van der Waals surface area contributed by atoms with Gasteiger partial charge in [0, 0.05) is 18.0 Å². The van der Waals surface area contributed by atoms with Gasteiger partial charge in [0.05, 0.1) is 11.7 Å². The number of hydrogen-bond acceptors (Lipinski definition) is 3. The smallest absolute Gasteiger partial charge is 0.138 e. The van der Waals surface area contributed by atoms with Crippen molar-refractivity contribution in [3.8, 4) is 5.75 Å². The van der Waals surface area contributed by atoms with Gasteiger partial charge in [-0.2, -0.15) is 0 Å². The third-order valence-corrected chi connectivity index (χ3v) is 3.67. The number of para-hydroxylation sites is 1. The van der Waals surface area contributed by atoms with Gasteiger partial charge in [-0.05, 0) is 25.5 Å². The van der Waals surface area contributed by atoms with Crippen LogP contribution in [0.3, 0.4) is 0 Å². The van der Waals surface area contributed by atoms with Crippen LogP contribution >= 0.6 is 0 Å². The van der Waals surface area contributed by atoms with Crippen LogP contribution < -0.4 is 10.1 Å². The molecule has 21 heavy (non-hydrogen) atoms. The zero-order valence-electron chi connectivity index (χ0n) is 13.1. The van der Waals surface area contributed by atoms with E-state index in [4.69, 9.17) is 4.74 Å². The summed E-state index contributed by atoms with van der Waals surface area (Å²) in [7, 11) is 0. The number of benzene rings is 1. The summed E-state index contributed by atoms with van der Waals surface area (Å²) >= 11 is 0. The van der Waals surface area contributed by atoms with Crippen molar-refractivity contribution in [1.29, 1.82) is 0 Å². The highest BCUT2D eigenvalue weighted by Gasteiger charge is 2.01. The highest BCUT2D eigenvalue weighted by atomic mass is 16.5. The van der Waals surface area contributed by atoms with E-state index in [0.717, 1.165) is 23.2 Å². The second-order valence-corrected chi connectivity index (χ2v) is 5.56. The highest BCUT2D eigenvalue weighted by molar-refractivity contribution is 5.79. The monoisotopic (exact) mass is 286 g/mol. The van der Waals surface area contributed by atoms with Gasteiger partial charge in [-0.15, -0.1) is 0 Å². The molecule has 0 amide bonds. The first-order valence-electron chi connectivity index (χ1n) is 8.00. The summed E-state index contributed by atoms with van der Waals surface area (Å²) in [5.41, 5.74) is 1.01. The van der Waals surface area contributed by atoms with Crippen LogP contribution in [0, 0.1) is 0 Å². The molecule has 1 aromatic carbocycles. The maximum atomic E-state index is 5.77. The van der Waals surface area contributed by atoms with E-state index in [0.29, 0.717) is 12.6 Å². The molecular formula is C18H26N2O. The standard InChI is InChI=1S/C18H26N2O/c1-3-4-5-8-15(2)19-11-12-21-17-13-16-9-6-7-10-18(16)20-14-17/h6-7,9-10,13-15,19H,3-5,8,11-12H2,1-2H3. The van der Waals surface area contributed by atoms with Crippen LogP contribution in [0.15, 0.2) is 36.5 Å². The number of ether oxygens (including phenoxy) is 1. The molecule has 0 aliphatic rings. The quantitative estimate of drug-likeness (QED) is 0.702.